The lowest BCUT2D eigenvalue weighted by Gasteiger charge is -2.20. The maximum atomic E-state index is 14.6. The second-order valence-corrected chi connectivity index (χ2v) is 12.8. The van der Waals surface area contributed by atoms with Gasteiger partial charge in [-0.15, -0.1) is 0 Å². The first kappa shape index (κ1) is 28.8. The molecule has 2 atom stereocenters. The van der Waals surface area contributed by atoms with Crippen molar-refractivity contribution in [1.29, 1.82) is 5.26 Å². The fourth-order valence-corrected chi connectivity index (χ4v) is 5.71. The summed E-state index contributed by atoms with van der Waals surface area (Å²) in [6.07, 6.45) is 4.16. The molecule has 7 nitrogen and oxygen atoms in total. The van der Waals surface area contributed by atoms with Crippen molar-refractivity contribution in [3.05, 3.63) is 112 Å². The average Bonchev–Trinajstić information content (AvgIpc) is 3.36. The van der Waals surface area contributed by atoms with E-state index in [-0.39, 0.29) is 31.4 Å². The molecule has 0 bridgehead atoms. The minimum Gasteiger partial charge on any atom is -0.488 e. The highest BCUT2D eigenvalue weighted by atomic mass is 35.5. The normalized spacial score (nSPS) is 15.5. The Hall–Kier alpha value is -3.73. The van der Waals surface area contributed by atoms with E-state index in [0.717, 1.165) is 23.1 Å². The summed E-state index contributed by atoms with van der Waals surface area (Å²) in [5.41, 5.74) is 5.25. The fourth-order valence-electron chi connectivity index (χ4n) is 4.95. The van der Waals surface area contributed by atoms with Crippen LogP contribution in [0.5, 0.6) is 11.5 Å². The second-order valence-electron chi connectivity index (χ2n) is 10.0. The SMILES string of the molecule is CP(=O)(O)CNCc1cc(Cl)c(O[C@H]2CCc3c(-c4ccccc4F)cccc32)cc1OCc1cncc(C#N)c1. The Morgan fingerprint density at radius 1 is 1.15 bits per heavy atom. The Morgan fingerprint density at radius 2 is 1.95 bits per heavy atom. The number of hydrogen-bond acceptors (Lipinski definition) is 6. The molecule has 0 aliphatic heterocycles. The minimum atomic E-state index is -3.26. The van der Waals surface area contributed by atoms with Gasteiger partial charge in [0.1, 0.15) is 36.1 Å². The molecule has 1 aliphatic carbocycles. The molecule has 10 heteroatoms. The van der Waals surface area contributed by atoms with Gasteiger partial charge in [0.25, 0.3) is 0 Å². The summed E-state index contributed by atoms with van der Waals surface area (Å²) in [4.78, 5) is 13.8. The summed E-state index contributed by atoms with van der Waals surface area (Å²) in [6.45, 7) is 1.66. The molecule has 4 aromatic rings. The van der Waals surface area contributed by atoms with Crippen molar-refractivity contribution in [1.82, 2.24) is 10.3 Å². The van der Waals surface area contributed by atoms with Crippen LogP contribution in [0, 0.1) is 17.1 Å². The highest BCUT2D eigenvalue weighted by Gasteiger charge is 2.28. The number of rotatable bonds is 10. The Balaban J connectivity index is 1.42. The number of fused-ring (bicyclic) bond motifs is 1. The molecule has 210 valence electrons. The van der Waals surface area contributed by atoms with Gasteiger partial charge in [0.15, 0.2) is 0 Å². The average molecular weight is 592 g/mol. The van der Waals surface area contributed by atoms with Crippen molar-refractivity contribution in [2.45, 2.75) is 32.1 Å². The van der Waals surface area contributed by atoms with Crippen LogP contribution in [0.2, 0.25) is 5.02 Å². The standard InChI is InChI=1S/C31H28ClFN3O4P/c1-41(37,38)19-36-17-22-12-27(32)31(13-30(22)39-18-21-11-20(14-34)15-35-16-21)40-29-10-9-24-23(6-4-7-26(24)29)25-5-2-3-8-28(25)33/h2-8,11-13,15-16,29,36H,9-10,17-19H2,1H3,(H,37,38)/t29-/m0/s1. The molecular weight excluding hydrogens is 564 g/mol. The zero-order valence-electron chi connectivity index (χ0n) is 22.3. The first-order chi connectivity index (χ1) is 19.7. The molecule has 5 rings (SSSR count). The van der Waals surface area contributed by atoms with Crippen LogP contribution < -0.4 is 14.8 Å². The molecule has 0 saturated heterocycles. The zero-order valence-corrected chi connectivity index (χ0v) is 24.0. The lowest BCUT2D eigenvalue weighted by atomic mass is 9.96. The zero-order chi connectivity index (χ0) is 29.0. The van der Waals surface area contributed by atoms with Crippen LogP contribution in [-0.4, -0.2) is 22.8 Å². The van der Waals surface area contributed by atoms with E-state index in [0.29, 0.717) is 45.2 Å². The van der Waals surface area contributed by atoms with Crippen molar-refractivity contribution in [3.8, 4) is 28.7 Å². The Labute approximate surface area is 243 Å². The van der Waals surface area contributed by atoms with Gasteiger partial charge >= 0.3 is 0 Å². The molecular formula is C31H28ClFN3O4P. The largest absolute Gasteiger partial charge is 0.488 e. The molecule has 0 radical (unpaired) electrons. The smallest absolute Gasteiger partial charge is 0.211 e. The van der Waals surface area contributed by atoms with Gasteiger partial charge in [0.05, 0.1) is 16.9 Å². The maximum absolute atomic E-state index is 14.6. The Morgan fingerprint density at radius 3 is 2.73 bits per heavy atom. The van der Waals surface area contributed by atoms with E-state index in [9.17, 15) is 19.1 Å². The van der Waals surface area contributed by atoms with E-state index in [1.165, 1.54) is 18.9 Å². The molecule has 1 unspecified atom stereocenters. The highest BCUT2D eigenvalue weighted by molar-refractivity contribution is 7.57. The third-order valence-corrected chi connectivity index (χ3v) is 7.91. The van der Waals surface area contributed by atoms with Crippen molar-refractivity contribution >= 4 is 19.0 Å². The van der Waals surface area contributed by atoms with E-state index in [1.807, 2.05) is 24.3 Å². The number of nitrogens with zero attached hydrogens (tertiary/aromatic N) is 2. The number of aromatic nitrogens is 1. The predicted molar refractivity (Wildman–Crippen MR) is 156 cm³/mol. The quantitative estimate of drug-likeness (QED) is 0.191. The van der Waals surface area contributed by atoms with Gasteiger partial charge in [-0.1, -0.05) is 48.0 Å². The summed E-state index contributed by atoms with van der Waals surface area (Å²) >= 11 is 6.67. The fraction of sp³-hybridized carbons (Fsp3) is 0.226. The summed E-state index contributed by atoms with van der Waals surface area (Å²) in [5.74, 6) is 0.628. The van der Waals surface area contributed by atoms with Gasteiger partial charge in [0, 0.05) is 48.4 Å². The van der Waals surface area contributed by atoms with E-state index in [1.54, 1.807) is 36.5 Å². The molecule has 0 amide bonds. The van der Waals surface area contributed by atoms with E-state index in [4.69, 9.17) is 21.1 Å². The third-order valence-electron chi connectivity index (χ3n) is 6.80. The predicted octanol–water partition coefficient (Wildman–Crippen LogP) is 7.01. The monoisotopic (exact) mass is 591 g/mol. The highest BCUT2D eigenvalue weighted by Crippen LogP contribution is 2.43. The van der Waals surface area contributed by atoms with Gasteiger partial charge < -0.3 is 19.7 Å². The molecule has 0 saturated carbocycles. The summed E-state index contributed by atoms with van der Waals surface area (Å²) in [5, 5.41) is 12.5. The first-order valence-electron chi connectivity index (χ1n) is 13.0. The van der Waals surface area contributed by atoms with Crippen molar-refractivity contribution < 1.29 is 23.3 Å². The van der Waals surface area contributed by atoms with E-state index < -0.39 is 7.37 Å². The van der Waals surface area contributed by atoms with Crippen molar-refractivity contribution in [3.63, 3.8) is 0 Å². The number of halogens is 2. The van der Waals surface area contributed by atoms with Crippen LogP contribution >= 0.6 is 19.0 Å². The number of ether oxygens (including phenoxy) is 2. The Kier molecular flexibility index (Phi) is 8.72. The molecule has 2 N–H and O–H groups in total. The minimum absolute atomic E-state index is 0.0698. The second kappa shape index (κ2) is 12.4. The molecule has 0 spiro atoms. The number of pyridine rings is 1. The topological polar surface area (TPSA) is 104 Å². The van der Waals surface area contributed by atoms with Gasteiger partial charge in [0.2, 0.25) is 7.37 Å². The van der Waals surface area contributed by atoms with Crippen molar-refractivity contribution in [2.24, 2.45) is 0 Å². The van der Waals surface area contributed by atoms with Crippen LogP contribution in [0.1, 0.15) is 40.3 Å². The number of benzene rings is 3. The number of hydrogen-bond donors (Lipinski definition) is 2. The molecule has 1 heterocycles. The lowest BCUT2D eigenvalue weighted by Crippen LogP contribution is -2.16. The van der Waals surface area contributed by atoms with Gasteiger partial charge in [-0.05, 0) is 47.7 Å². The molecule has 1 aromatic heterocycles. The maximum Gasteiger partial charge on any atom is 0.211 e. The van der Waals surface area contributed by atoms with Gasteiger partial charge in [-0.3, -0.25) is 9.55 Å². The van der Waals surface area contributed by atoms with Crippen LogP contribution in [0.15, 0.2) is 73.1 Å². The third kappa shape index (κ3) is 6.95. The lowest BCUT2D eigenvalue weighted by molar-refractivity contribution is 0.206. The van der Waals surface area contributed by atoms with Crippen LogP contribution in [0.25, 0.3) is 11.1 Å². The Bertz CT molecular complexity index is 1670. The first-order valence-corrected chi connectivity index (χ1v) is 15.7. The molecule has 0 fully saturated rings. The van der Waals surface area contributed by atoms with E-state index >= 15 is 0 Å². The molecule has 41 heavy (non-hydrogen) atoms. The van der Waals surface area contributed by atoms with Gasteiger partial charge in [-0.25, -0.2) is 4.39 Å². The van der Waals surface area contributed by atoms with Crippen LogP contribution in [-0.2, 0) is 24.1 Å². The molecule has 1 aliphatic rings. The van der Waals surface area contributed by atoms with Crippen LogP contribution in [0.3, 0.4) is 0 Å². The summed E-state index contributed by atoms with van der Waals surface area (Å²) < 4.78 is 38.9. The van der Waals surface area contributed by atoms with Gasteiger partial charge in [-0.2, -0.15) is 5.26 Å². The summed E-state index contributed by atoms with van der Waals surface area (Å²) in [7, 11) is -3.26. The number of nitrogens with one attached hydrogen (secondary N) is 1. The van der Waals surface area contributed by atoms with Crippen LogP contribution in [0.4, 0.5) is 4.39 Å². The number of nitriles is 1. The molecule has 3 aromatic carbocycles. The van der Waals surface area contributed by atoms with E-state index in [2.05, 4.69) is 16.4 Å². The van der Waals surface area contributed by atoms with Crippen molar-refractivity contribution in [2.75, 3.05) is 13.0 Å². The summed E-state index contributed by atoms with van der Waals surface area (Å²) in [6, 6.07) is 19.8.